The number of β-amino-alcohol motifs (C(OH)–C–C–N with tert-alkyl or cyclic N) is 1. The minimum atomic E-state index is -2.27. The maximum atomic E-state index is 15.2. The number of likely N-dealkylation sites (tertiary alicyclic amines) is 1. The average Bonchev–Trinajstić information content (AvgIpc) is 2.88. The molecular formula is C31H46FNO4Si. The molecule has 0 aromatic heterocycles. The van der Waals surface area contributed by atoms with Gasteiger partial charge in [-0.15, -0.1) is 0 Å². The Morgan fingerprint density at radius 1 is 0.974 bits per heavy atom. The zero-order chi connectivity index (χ0) is 27.7. The zero-order valence-corrected chi connectivity index (χ0v) is 25.0. The highest BCUT2D eigenvalue weighted by molar-refractivity contribution is 6.78. The lowest BCUT2D eigenvalue weighted by Crippen LogP contribution is -2.50. The molecule has 2 aliphatic rings. The molecule has 1 atom stereocenters. The Bertz CT molecular complexity index is 1080. The summed E-state index contributed by atoms with van der Waals surface area (Å²) in [5, 5.41) is 22.3. The van der Waals surface area contributed by atoms with E-state index >= 15 is 4.39 Å². The lowest BCUT2D eigenvalue weighted by Gasteiger charge is -2.42. The van der Waals surface area contributed by atoms with Crippen LogP contribution < -0.4 is 4.43 Å². The highest BCUT2D eigenvalue weighted by Gasteiger charge is 2.47. The number of benzene rings is 2. The van der Waals surface area contributed by atoms with Crippen molar-refractivity contribution in [2.45, 2.75) is 95.7 Å². The molecule has 1 unspecified atom stereocenters. The van der Waals surface area contributed by atoms with E-state index in [4.69, 9.17) is 9.16 Å². The van der Waals surface area contributed by atoms with Crippen molar-refractivity contribution >= 4 is 8.32 Å². The van der Waals surface area contributed by atoms with Crippen LogP contribution in [-0.4, -0.2) is 49.7 Å². The summed E-state index contributed by atoms with van der Waals surface area (Å²) in [4.78, 5) is 2.15. The van der Waals surface area contributed by atoms with Crippen LogP contribution in [0.25, 0.3) is 0 Å². The molecule has 0 radical (unpaired) electrons. The molecule has 2 aromatic carbocycles. The Morgan fingerprint density at radius 2 is 1.63 bits per heavy atom. The fourth-order valence-electron chi connectivity index (χ4n) is 6.75. The Morgan fingerprint density at radius 3 is 2.24 bits per heavy atom. The Labute approximate surface area is 229 Å². The minimum Gasteiger partial charge on any atom is -0.541 e. The quantitative estimate of drug-likeness (QED) is 0.355. The maximum absolute atomic E-state index is 15.2. The third kappa shape index (κ3) is 5.87. The highest BCUT2D eigenvalue weighted by Crippen LogP contribution is 2.43. The molecule has 38 heavy (non-hydrogen) atoms. The molecule has 0 amide bonds. The Kier molecular flexibility index (Phi) is 9.04. The van der Waals surface area contributed by atoms with Crippen LogP contribution in [0.5, 0.6) is 5.75 Å². The molecule has 1 saturated heterocycles. The first-order valence-electron chi connectivity index (χ1n) is 14.3. The first-order chi connectivity index (χ1) is 18.0. The summed E-state index contributed by atoms with van der Waals surface area (Å²) in [5.41, 5.74) is 4.14. The second-order valence-corrected chi connectivity index (χ2v) is 17.6. The molecule has 5 nitrogen and oxygen atoms in total. The van der Waals surface area contributed by atoms with E-state index in [1.165, 1.54) is 17.2 Å². The van der Waals surface area contributed by atoms with Crippen molar-refractivity contribution < 1.29 is 23.8 Å². The maximum Gasteiger partial charge on any atom is 0.258 e. The number of hydrogen-bond donors (Lipinski definition) is 2. The van der Waals surface area contributed by atoms with Crippen LogP contribution >= 0.6 is 0 Å². The van der Waals surface area contributed by atoms with E-state index in [1.807, 2.05) is 0 Å². The van der Waals surface area contributed by atoms with Gasteiger partial charge in [-0.2, -0.15) is 0 Å². The molecule has 7 heteroatoms. The SMILES string of the molecule is CC(C)[Si](Oc1ccc(C(O)CN2CCC(O)(c3ccc4c(c3)COCC4)CC2)cc1F)(C(C)C)C(C)C. The van der Waals surface area contributed by atoms with Crippen molar-refractivity contribution in [3.05, 3.63) is 64.5 Å². The van der Waals surface area contributed by atoms with Crippen LogP contribution in [-0.2, 0) is 23.4 Å². The second-order valence-electron chi connectivity index (χ2n) is 12.2. The molecule has 4 rings (SSSR count). The first kappa shape index (κ1) is 29.2. The number of halogens is 1. The predicted octanol–water partition coefficient (Wildman–Crippen LogP) is 6.47. The molecule has 2 heterocycles. The van der Waals surface area contributed by atoms with Gasteiger partial charge in [-0.25, -0.2) is 4.39 Å². The summed E-state index contributed by atoms with van der Waals surface area (Å²) in [6.07, 6.45) is 1.29. The highest BCUT2D eigenvalue weighted by atomic mass is 28.4. The first-order valence-corrected chi connectivity index (χ1v) is 16.4. The van der Waals surface area contributed by atoms with E-state index in [0.717, 1.165) is 18.6 Å². The summed E-state index contributed by atoms with van der Waals surface area (Å²) in [6, 6.07) is 11.2. The van der Waals surface area contributed by atoms with E-state index in [-0.39, 0.29) is 0 Å². The van der Waals surface area contributed by atoms with E-state index in [2.05, 4.69) is 64.6 Å². The van der Waals surface area contributed by atoms with Gasteiger partial charge in [-0.05, 0) is 70.3 Å². The lowest BCUT2D eigenvalue weighted by molar-refractivity contribution is -0.0346. The van der Waals surface area contributed by atoms with Gasteiger partial charge in [-0.1, -0.05) is 65.8 Å². The van der Waals surface area contributed by atoms with E-state index in [0.29, 0.717) is 67.0 Å². The number of aliphatic hydroxyl groups excluding tert-OH is 1. The van der Waals surface area contributed by atoms with Gasteiger partial charge in [0.05, 0.1) is 24.9 Å². The average molecular weight is 544 g/mol. The molecule has 2 aromatic rings. The summed E-state index contributed by atoms with van der Waals surface area (Å²) in [6.45, 7) is 16.2. The van der Waals surface area contributed by atoms with Crippen LogP contribution in [0.3, 0.4) is 0 Å². The van der Waals surface area contributed by atoms with Gasteiger partial charge in [0.1, 0.15) is 5.75 Å². The zero-order valence-electron chi connectivity index (χ0n) is 24.0. The molecule has 0 aliphatic carbocycles. The summed E-state index contributed by atoms with van der Waals surface area (Å²) in [7, 11) is -2.27. The summed E-state index contributed by atoms with van der Waals surface area (Å²) >= 11 is 0. The number of ether oxygens (including phenoxy) is 1. The lowest BCUT2D eigenvalue weighted by atomic mass is 9.82. The number of rotatable bonds is 9. The van der Waals surface area contributed by atoms with Gasteiger partial charge in [-0.3, -0.25) is 0 Å². The van der Waals surface area contributed by atoms with Crippen molar-refractivity contribution in [2.24, 2.45) is 0 Å². The van der Waals surface area contributed by atoms with E-state index in [1.54, 1.807) is 12.1 Å². The fourth-order valence-corrected chi connectivity index (χ4v) is 12.0. The van der Waals surface area contributed by atoms with Gasteiger partial charge >= 0.3 is 0 Å². The third-order valence-electron chi connectivity index (χ3n) is 8.97. The third-order valence-corrected chi connectivity index (χ3v) is 15.0. The van der Waals surface area contributed by atoms with Crippen molar-refractivity contribution in [1.29, 1.82) is 0 Å². The minimum absolute atomic E-state index is 0.294. The van der Waals surface area contributed by atoms with Crippen LogP contribution in [0.4, 0.5) is 4.39 Å². The van der Waals surface area contributed by atoms with Crippen molar-refractivity contribution in [2.75, 3.05) is 26.2 Å². The Hall–Kier alpha value is -1.77. The molecule has 1 fully saturated rings. The molecule has 2 N–H and O–H groups in total. The van der Waals surface area contributed by atoms with Crippen LogP contribution in [0.15, 0.2) is 36.4 Å². The largest absolute Gasteiger partial charge is 0.541 e. The number of hydrogen-bond acceptors (Lipinski definition) is 5. The number of piperidine rings is 1. The molecule has 2 aliphatic heterocycles. The number of aliphatic hydroxyl groups is 2. The van der Waals surface area contributed by atoms with Crippen LogP contribution in [0.2, 0.25) is 16.6 Å². The molecule has 0 saturated carbocycles. The van der Waals surface area contributed by atoms with Crippen molar-refractivity contribution in [3.63, 3.8) is 0 Å². The van der Waals surface area contributed by atoms with Crippen molar-refractivity contribution in [3.8, 4) is 5.75 Å². The van der Waals surface area contributed by atoms with Crippen LogP contribution in [0, 0.1) is 5.82 Å². The predicted molar refractivity (Wildman–Crippen MR) is 152 cm³/mol. The van der Waals surface area contributed by atoms with E-state index in [9.17, 15) is 10.2 Å². The molecular weight excluding hydrogens is 497 g/mol. The van der Waals surface area contributed by atoms with Gasteiger partial charge in [0.2, 0.25) is 0 Å². The summed E-state index contributed by atoms with van der Waals surface area (Å²) in [5.74, 6) is -0.119. The number of nitrogens with zero attached hydrogens (tertiary/aromatic N) is 1. The fraction of sp³-hybridized carbons (Fsp3) is 0.613. The Balaban J connectivity index is 1.39. The second kappa shape index (κ2) is 11.8. The smallest absolute Gasteiger partial charge is 0.258 e. The monoisotopic (exact) mass is 543 g/mol. The summed E-state index contributed by atoms with van der Waals surface area (Å²) < 4.78 is 27.4. The van der Waals surface area contributed by atoms with Crippen LogP contribution in [0.1, 0.15) is 82.7 Å². The van der Waals surface area contributed by atoms with Crippen molar-refractivity contribution in [1.82, 2.24) is 4.90 Å². The van der Waals surface area contributed by atoms with Gasteiger partial charge in [0.15, 0.2) is 5.82 Å². The molecule has 0 bridgehead atoms. The molecule has 0 spiro atoms. The number of fused-ring (bicyclic) bond motifs is 1. The normalized spacial score (nSPS) is 19.2. The molecule has 210 valence electrons. The van der Waals surface area contributed by atoms with E-state index < -0.39 is 25.8 Å². The topological polar surface area (TPSA) is 62.2 Å². The van der Waals surface area contributed by atoms with Gasteiger partial charge < -0.3 is 24.3 Å². The van der Waals surface area contributed by atoms with Gasteiger partial charge in [0, 0.05) is 19.6 Å². The standard InChI is InChI=1S/C31H46FNO4Si/c1-21(2)38(22(3)4,23(5)6)37-30-10-8-25(18-28(30)32)29(34)19-33-14-12-31(35,13-15-33)27-9-7-24-11-16-36-20-26(24)17-27/h7-10,17-18,21-23,29,34-35H,11-16,19-20H2,1-6H3. The van der Waals surface area contributed by atoms with Gasteiger partial charge in [0.25, 0.3) is 8.32 Å².